The van der Waals surface area contributed by atoms with Gasteiger partial charge in [-0.05, 0) is 22.8 Å². The Kier molecular flexibility index (Phi) is 3.81. The van der Waals surface area contributed by atoms with Gasteiger partial charge in [-0.15, -0.1) is 0 Å². The van der Waals surface area contributed by atoms with Gasteiger partial charge in [-0.25, -0.2) is 0 Å². The highest BCUT2D eigenvalue weighted by Gasteiger charge is 2.52. The molecule has 1 amide bonds. The summed E-state index contributed by atoms with van der Waals surface area (Å²) >= 11 is 0. The molecular formula is C22H17NO3. The number of carbonyl (C=O) groups excluding carboxylic acids is 1. The van der Waals surface area contributed by atoms with Gasteiger partial charge < -0.3 is 10.4 Å². The lowest BCUT2D eigenvalue weighted by Crippen LogP contribution is -2.56. The molecule has 0 saturated carbocycles. The van der Waals surface area contributed by atoms with E-state index in [9.17, 15) is 14.7 Å². The molecule has 0 aliphatic carbocycles. The fourth-order valence-electron chi connectivity index (χ4n) is 3.87. The molecule has 128 valence electrons. The molecule has 1 unspecified atom stereocenters. The van der Waals surface area contributed by atoms with E-state index in [4.69, 9.17) is 0 Å². The van der Waals surface area contributed by atoms with Crippen molar-refractivity contribution in [2.75, 3.05) is 0 Å². The van der Waals surface area contributed by atoms with Crippen molar-refractivity contribution in [3.05, 3.63) is 107 Å². The summed E-state index contributed by atoms with van der Waals surface area (Å²) in [6.07, 6.45) is 0. The van der Waals surface area contributed by atoms with Gasteiger partial charge in [-0.2, -0.15) is 0 Å². The molecule has 4 rings (SSSR count). The van der Waals surface area contributed by atoms with Crippen molar-refractivity contribution in [2.45, 2.75) is 11.5 Å². The molecule has 0 bridgehead atoms. The molecule has 0 spiro atoms. The van der Waals surface area contributed by atoms with Crippen LogP contribution in [0.15, 0.2) is 84.9 Å². The Morgan fingerprint density at radius 3 is 1.85 bits per heavy atom. The van der Waals surface area contributed by atoms with Gasteiger partial charge in [0.1, 0.15) is 11.5 Å². The Morgan fingerprint density at radius 2 is 1.31 bits per heavy atom. The number of fused-ring (bicyclic) bond motifs is 1. The molecule has 0 radical (unpaired) electrons. The summed E-state index contributed by atoms with van der Waals surface area (Å²) in [5, 5.41) is 13.2. The molecule has 0 fully saturated rings. The first-order valence-electron chi connectivity index (χ1n) is 8.40. The van der Waals surface area contributed by atoms with Gasteiger partial charge >= 0.3 is 5.97 Å². The number of hydrogen-bond donors (Lipinski definition) is 2. The second-order valence-electron chi connectivity index (χ2n) is 6.35. The zero-order chi connectivity index (χ0) is 18.1. The Morgan fingerprint density at radius 1 is 0.808 bits per heavy atom. The molecule has 1 heterocycles. The van der Waals surface area contributed by atoms with Crippen LogP contribution in [0.3, 0.4) is 0 Å². The number of hydrogen-bond acceptors (Lipinski definition) is 2. The fraction of sp³-hybridized carbons (Fsp3) is 0.0909. The van der Waals surface area contributed by atoms with Crippen LogP contribution in [0.4, 0.5) is 0 Å². The van der Waals surface area contributed by atoms with E-state index in [0.29, 0.717) is 11.1 Å². The monoisotopic (exact) mass is 343 g/mol. The summed E-state index contributed by atoms with van der Waals surface area (Å²) in [6.45, 7) is 0. The van der Waals surface area contributed by atoms with Crippen LogP contribution in [0, 0.1) is 0 Å². The molecule has 3 aromatic carbocycles. The predicted octanol–water partition coefficient (Wildman–Crippen LogP) is 3.54. The van der Waals surface area contributed by atoms with Crippen molar-refractivity contribution in [3.63, 3.8) is 0 Å². The maximum atomic E-state index is 12.9. The third-order valence-corrected chi connectivity index (χ3v) is 4.97. The van der Waals surface area contributed by atoms with Crippen LogP contribution >= 0.6 is 0 Å². The van der Waals surface area contributed by atoms with Crippen molar-refractivity contribution < 1.29 is 14.7 Å². The molecular weight excluding hydrogens is 326 g/mol. The van der Waals surface area contributed by atoms with E-state index in [1.54, 1.807) is 24.3 Å². The van der Waals surface area contributed by atoms with Crippen LogP contribution in [0.2, 0.25) is 0 Å². The van der Waals surface area contributed by atoms with Gasteiger partial charge in [0, 0.05) is 5.56 Å². The van der Waals surface area contributed by atoms with E-state index < -0.39 is 17.4 Å². The second-order valence-corrected chi connectivity index (χ2v) is 6.35. The van der Waals surface area contributed by atoms with Crippen LogP contribution in [-0.4, -0.2) is 17.0 Å². The maximum Gasteiger partial charge on any atom is 0.314 e. The summed E-state index contributed by atoms with van der Waals surface area (Å²) < 4.78 is 0. The van der Waals surface area contributed by atoms with Crippen molar-refractivity contribution >= 4 is 11.9 Å². The topological polar surface area (TPSA) is 66.4 Å². The number of carbonyl (C=O) groups is 2. The molecule has 4 heteroatoms. The average molecular weight is 343 g/mol. The number of aliphatic carboxylic acids is 1. The Labute approximate surface area is 151 Å². The Balaban J connectivity index is 2.08. The first kappa shape index (κ1) is 16.1. The SMILES string of the molecule is O=C1NC(c2ccccc2)(c2ccccc2)C(C(=O)O)c2ccccc21. The summed E-state index contributed by atoms with van der Waals surface area (Å²) in [5.74, 6) is -2.20. The number of benzene rings is 3. The lowest BCUT2D eigenvalue weighted by molar-refractivity contribution is -0.140. The molecule has 3 aromatic rings. The lowest BCUT2D eigenvalue weighted by Gasteiger charge is -2.44. The largest absolute Gasteiger partial charge is 0.481 e. The number of carboxylic acid groups (broad SMARTS) is 1. The normalized spacial score (nSPS) is 17.8. The summed E-state index contributed by atoms with van der Waals surface area (Å²) in [6, 6.07) is 25.5. The minimum absolute atomic E-state index is 0.272. The van der Waals surface area contributed by atoms with Gasteiger partial charge in [0.2, 0.25) is 0 Å². The second kappa shape index (κ2) is 6.15. The highest BCUT2D eigenvalue weighted by Crippen LogP contribution is 2.46. The molecule has 2 N–H and O–H groups in total. The van der Waals surface area contributed by atoms with Crippen molar-refractivity contribution in [3.8, 4) is 0 Å². The molecule has 0 saturated heterocycles. The van der Waals surface area contributed by atoms with Crippen molar-refractivity contribution in [2.24, 2.45) is 0 Å². The van der Waals surface area contributed by atoms with E-state index in [1.807, 2.05) is 60.7 Å². The lowest BCUT2D eigenvalue weighted by atomic mass is 9.67. The summed E-state index contributed by atoms with van der Waals surface area (Å²) in [7, 11) is 0. The highest BCUT2D eigenvalue weighted by atomic mass is 16.4. The van der Waals surface area contributed by atoms with E-state index in [2.05, 4.69) is 5.32 Å². The molecule has 26 heavy (non-hydrogen) atoms. The molecule has 1 atom stereocenters. The van der Waals surface area contributed by atoms with Gasteiger partial charge in [-0.3, -0.25) is 9.59 Å². The Hall–Kier alpha value is -3.40. The van der Waals surface area contributed by atoms with Crippen LogP contribution in [0.25, 0.3) is 0 Å². The smallest absolute Gasteiger partial charge is 0.314 e. The molecule has 1 aliphatic heterocycles. The number of amides is 1. The van der Waals surface area contributed by atoms with Crippen LogP contribution in [0.1, 0.15) is 33.0 Å². The van der Waals surface area contributed by atoms with Gasteiger partial charge in [0.05, 0.1) is 0 Å². The summed E-state index contributed by atoms with van der Waals surface area (Å²) in [4.78, 5) is 25.3. The number of rotatable bonds is 3. The van der Waals surface area contributed by atoms with Crippen LogP contribution < -0.4 is 5.32 Å². The highest BCUT2D eigenvalue weighted by molar-refractivity contribution is 6.01. The quantitative estimate of drug-likeness (QED) is 0.764. The van der Waals surface area contributed by atoms with Gasteiger partial charge in [0.15, 0.2) is 0 Å². The van der Waals surface area contributed by atoms with E-state index >= 15 is 0 Å². The fourth-order valence-corrected chi connectivity index (χ4v) is 3.87. The first-order valence-corrected chi connectivity index (χ1v) is 8.40. The van der Waals surface area contributed by atoms with Gasteiger partial charge in [0.25, 0.3) is 5.91 Å². The Bertz CT molecular complexity index is 927. The number of nitrogens with one attached hydrogen (secondary N) is 1. The van der Waals surface area contributed by atoms with Gasteiger partial charge in [-0.1, -0.05) is 78.9 Å². The average Bonchev–Trinajstić information content (AvgIpc) is 2.69. The molecule has 1 aliphatic rings. The van der Waals surface area contributed by atoms with Crippen LogP contribution in [0.5, 0.6) is 0 Å². The number of carboxylic acids is 1. The zero-order valence-electron chi connectivity index (χ0n) is 13.9. The van der Waals surface area contributed by atoms with E-state index in [0.717, 1.165) is 11.1 Å². The third kappa shape index (κ3) is 2.30. The van der Waals surface area contributed by atoms with E-state index in [1.165, 1.54) is 0 Å². The molecule has 4 nitrogen and oxygen atoms in total. The molecule has 0 aromatic heterocycles. The van der Waals surface area contributed by atoms with E-state index in [-0.39, 0.29) is 5.91 Å². The maximum absolute atomic E-state index is 12.9. The standard InChI is InChI=1S/C22H17NO3/c24-20-18-14-8-7-13-17(18)19(21(25)26)22(23-20,15-9-3-1-4-10-15)16-11-5-2-6-12-16/h1-14,19H,(H,23,24)(H,25,26). The van der Waals surface area contributed by atoms with Crippen molar-refractivity contribution in [1.29, 1.82) is 0 Å². The zero-order valence-corrected chi connectivity index (χ0v) is 13.9. The minimum atomic E-state index is -1.18. The third-order valence-electron chi connectivity index (χ3n) is 4.97. The first-order chi connectivity index (χ1) is 12.6. The minimum Gasteiger partial charge on any atom is -0.481 e. The van der Waals surface area contributed by atoms with Crippen LogP contribution in [-0.2, 0) is 10.3 Å². The van der Waals surface area contributed by atoms with Crippen molar-refractivity contribution in [1.82, 2.24) is 5.32 Å². The summed E-state index contributed by atoms with van der Waals surface area (Å²) in [5.41, 5.74) is 1.22. The predicted molar refractivity (Wildman–Crippen MR) is 97.9 cm³/mol.